The molecule has 0 spiro atoms. The van der Waals surface area contributed by atoms with Gasteiger partial charge in [-0.05, 0) is 30.5 Å². The molecule has 1 aromatic carbocycles. The van der Waals surface area contributed by atoms with Crippen LogP contribution in [0.25, 0.3) is 0 Å². The minimum atomic E-state index is -4.32. The van der Waals surface area contributed by atoms with Crippen LogP contribution in [0.4, 0.5) is 13.2 Å². The second-order valence-electron chi connectivity index (χ2n) is 4.56. The van der Waals surface area contributed by atoms with Gasteiger partial charge >= 0.3 is 6.18 Å². The average molecular weight is 295 g/mol. The van der Waals surface area contributed by atoms with Crippen LogP contribution in [0, 0.1) is 0 Å². The maximum absolute atomic E-state index is 12.9. The first-order valence-electron chi connectivity index (χ1n) is 5.91. The predicted octanol–water partition coefficient (Wildman–Crippen LogP) is 4.00. The van der Waals surface area contributed by atoms with Gasteiger partial charge in [0.2, 0.25) is 0 Å². The Morgan fingerprint density at radius 2 is 2.11 bits per heavy atom. The third-order valence-electron chi connectivity index (χ3n) is 3.43. The van der Waals surface area contributed by atoms with E-state index >= 15 is 0 Å². The number of hydrogen-bond acceptors (Lipinski definition) is 2. The van der Waals surface area contributed by atoms with Crippen LogP contribution in [-0.2, 0) is 11.2 Å². The Morgan fingerprint density at radius 3 is 2.53 bits per heavy atom. The molecule has 1 fully saturated rings. The van der Waals surface area contributed by atoms with Gasteiger partial charge in [-0.2, -0.15) is 13.2 Å². The Bertz CT molecular complexity index is 456. The molecule has 0 radical (unpaired) electrons. The van der Waals surface area contributed by atoms with Crippen LogP contribution in [0.3, 0.4) is 0 Å². The van der Waals surface area contributed by atoms with E-state index in [-0.39, 0.29) is 25.9 Å². The fraction of sp³-hybridized carbons (Fsp3) is 0.538. The van der Waals surface area contributed by atoms with Crippen molar-refractivity contribution in [2.75, 3.05) is 13.7 Å². The van der Waals surface area contributed by atoms with Gasteiger partial charge < -0.3 is 9.47 Å². The number of benzene rings is 1. The van der Waals surface area contributed by atoms with Crippen LogP contribution >= 0.6 is 11.6 Å². The zero-order valence-corrected chi connectivity index (χ0v) is 11.1. The molecule has 2 nitrogen and oxygen atoms in total. The lowest BCUT2D eigenvalue weighted by Crippen LogP contribution is -2.55. The summed E-state index contributed by atoms with van der Waals surface area (Å²) in [6.45, 7) is 0.170. The number of aryl methyl sites for hydroxylation is 1. The van der Waals surface area contributed by atoms with Gasteiger partial charge in [-0.3, -0.25) is 0 Å². The summed E-state index contributed by atoms with van der Waals surface area (Å²) in [6.07, 6.45) is -4.11. The van der Waals surface area contributed by atoms with E-state index in [4.69, 9.17) is 21.1 Å². The quantitative estimate of drug-likeness (QED) is 0.835. The summed E-state index contributed by atoms with van der Waals surface area (Å²) in [5.41, 5.74) is -1.23. The average Bonchev–Trinajstić information content (AvgIpc) is 2.25. The highest BCUT2D eigenvalue weighted by Crippen LogP contribution is 2.45. The van der Waals surface area contributed by atoms with Crippen molar-refractivity contribution in [3.63, 3.8) is 0 Å². The fourth-order valence-electron chi connectivity index (χ4n) is 2.12. The van der Waals surface area contributed by atoms with Gasteiger partial charge in [0.15, 0.2) is 5.60 Å². The summed E-state index contributed by atoms with van der Waals surface area (Å²) >= 11 is 5.94. The van der Waals surface area contributed by atoms with Crippen molar-refractivity contribution >= 4 is 11.6 Å². The fourth-order valence-corrected chi connectivity index (χ4v) is 2.40. The van der Waals surface area contributed by atoms with E-state index in [1.54, 1.807) is 18.2 Å². The number of halogens is 4. The van der Waals surface area contributed by atoms with Crippen molar-refractivity contribution < 1.29 is 22.6 Å². The molecule has 106 valence electrons. The van der Waals surface area contributed by atoms with Gasteiger partial charge in [0.25, 0.3) is 0 Å². The van der Waals surface area contributed by atoms with E-state index in [1.165, 1.54) is 7.11 Å². The van der Waals surface area contributed by atoms with Crippen molar-refractivity contribution in [3.05, 3.63) is 28.8 Å². The normalized spacial score (nSPS) is 23.0. The number of ether oxygens (including phenoxy) is 2. The highest BCUT2D eigenvalue weighted by atomic mass is 35.5. The smallest absolute Gasteiger partial charge is 0.417 e. The molecular weight excluding hydrogens is 281 g/mol. The standard InChI is InChI=1S/C13H14ClF3O2/c1-18-11-3-2-9(8-10(11)14)4-5-12(6-7-19-12)13(15,16)17/h2-3,8H,4-7H2,1H3. The largest absolute Gasteiger partial charge is 0.495 e. The Morgan fingerprint density at radius 1 is 1.42 bits per heavy atom. The minimum Gasteiger partial charge on any atom is -0.495 e. The second-order valence-corrected chi connectivity index (χ2v) is 4.97. The molecule has 0 bridgehead atoms. The van der Waals surface area contributed by atoms with Gasteiger partial charge in [-0.1, -0.05) is 17.7 Å². The first kappa shape index (κ1) is 14.5. The molecule has 1 aliphatic heterocycles. The molecule has 1 heterocycles. The van der Waals surface area contributed by atoms with E-state index in [0.29, 0.717) is 10.8 Å². The summed E-state index contributed by atoms with van der Waals surface area (Å²) in [6, 6.07) is 5.00. The minimum absolute atomic E-state index is 0.0282. The van der Waals surface area contributed by atoms with E-state index in [2.05, 4.69) is 0 Å². The van der Waals surface area contributed by atoms with Crippen LogP contribution < -0.4 is 4.74 Å². The van der Waals surface area contributed by atoms with E-state index in [0.717, 1.165) is 5.56 Å². The zero-order valence-electron chi connectivity index (χ0n) is 10.4. The van der Waals surface area contributed by atoms with Crippen LogP contribution in [0.15, 0.2) is 18.2 Å². The maximum Gasteiger partial charge on any atom is 0.417 e. The Labute approximate surface area is 114 Å². The van der Waals surface area contributed by atoms with Crippen LogP contribution in [0.5, 0.6) is 5.75 Å². The molecule has 0 aromatic heterocycles. The van der Waals surface area contributed by atoms with Gasteiger partial charge in [0, 0.05) is 6.42 Å². The number of rotatable bonds is 4. The van der Waals surface area contributed by atoms with Crippen LogP contribution in [0.1, 0.15) is 18.4 Å². The third kappa shape index (κ3) is 2.82. The first-order valence-corrected chi connectivity index (χ1v) is 6.29. The zero-order chi connectivity index (χ0) is 14.1. The second kappa shape index (κ2) is 5.21. The topological polar surface area (TPSA) is 18.5 Å². The highest BCUT2D eigenvalue weighted by molar-refractivity contribution is 6.32. The third-order valence-corrected chi connectivity index (χ3v) is 3.73. The first-order chi connectivity index (χ1) is 8.88. The number of hydrogen-bond donors (Lipinski definition) is 0. The Balaban J connectivity index is 2.04. The molecule has 2 rings (SSSR count). The summed E-state index contributed by atoms with van der Waals surface area (Å²) < 4.78 is 48.4. The molecule has 19 heavy (non-hydrogen) atoms. The van der Waals surface area contributed by atoms with Crippen molar-refractivity contribution in [1.82, 2.24) is 0 Å². The number of alkyl halides is 3. The molecule has 1 atom stereocenters. The number of methoxy groups -OCH3 is 1. The van der Waals surface area contributed by atoms with Gasteiger partial charge in [0.1, 0.15) is 5.75 Å². The molecule has 6 heteroatoms. The highest BCUT2D eigenvalue weighted by Gasteiger charge is 2.59. The lowest BCUT2D eigenvalue weighted by Gasteiger charge is -2.43. The summed E-state index contributed by atoms with van der Waals surface area (Å²) in [5.74, 6) is 0.510. The molecule has 1 aromatic rings. The molecule has 1 unspecified atom stereocenters. The molecule has 0 N–H and O–H groups in total. The van der Waals surface area contributed by atoms with Gasteiger partial charge in [-0.25, -0.2) is 0 Å². The Hall–Kier alpha value is -0.940. The molecular formula is C13H14ClF3O2. The van der Waals surface area contributed by atoms with E-state index in [1.807, 2.05) is 0 Å². The van der Waals surface area contributed by atoms with E-state index in [9.17, 15) is 13.2 Å². The molecule has 0 saturated carbocycles. The summed E-state index contributed by atoms with van der Waals surface area (Å²) in [5, 5.41) is 0.399. The predicted molar refractivity (Wildman–Crippen MR) is 65.7 cm³/mol. The van der Waals surface area contributed by atoms with Crippen molar-refractivity contribution in [2.24, 2.45) is 0 Å². The van der Waals surface area contributed by atoms with Crippen molar-refractivity contribution in [1.29, 1.82) is 0 Å². The molecule has 0 amide bonds. The van der Waals surface area contributed by atoms with Crippen molar-refractivity contribution in [3.8, 4) is 5.75 Å². The van der Waals surface area contributed by atoms with Crippen LogP contribution in [0.2, 0.25) is 5.02 Å². The SMILES string of the molecule is COc1ccc(CCC2(C(F)(F)F)CCO2)cc1Cl. The van der Waals surface area contributed by atoms with Gasteiger partial charge in [-0.15, -0.1) is 0 Å². The van der Waals surface area contributed by atoms with E-state index < -0.39 is 11.8 Å². The van der Waals surface area contributed by atoms with Gasteiger partial charge in [0.05, 0.1) is 18.7 Å². The lowest BCUT2D eigenvalue weighted by atomic mass is 9.87. The lowest BCUT2D eigenvalue weighted by molar-refractivity contribution is -0.327. The molecule has 1 saturated heterocycles. The van der Waals surface area contributed by atoms with Crippen LogP contribution in [-0.4, -0.2) is 25.5 Å². The monoisotopic (exact) mass is 294 g/mol. The molecule has 1 aliphatic rings. The summed E-state index contributed by atoms with van der Waals surface area (Å²) in [4.78, 5) is 0. The molecule has 0 aliphatic carbocycles. The Kier molecular flexibility index (Phi) is 3.97. The van der Waals surface area contributed by atoms with Crippen molar-refractivity contribution in [2.45, 2.75) is 31.0 Å². The maximum atomic E-state index is 12.9. The summed E-state index contributed by atoms with van der Waals surface area (Å²) in [7, 11) is 1.49.